The number of guanidine groups is 1. The van der Waals surface area contributed by atoms with Crippen LogP contribution in [0, 0.1) is 5.41 Å². The monoisotopic (exact) mass is 211 g/mol. The van der Waals surface area contributed by atoms with Crippen molar-refractivity contribution in [1.82, 2.24) is 5.32 Å². The number of benzene rings is 1. The summed E-state index contributed by atoms with van der Waals surface area (Å²) in [7, 11) is 0. The van der Waals surface area contributed by atoms with Gasteiger partial charge in [0.1, 0.15) is 0 Å². The number of anilines is 1. The summed E-state index contributed by atoms with van der Waals surface area (Å²) in [5.74, 6) is 0.294. The zero-order chi connectivity index (χ0) is 10.6. The summed E-state index contributed by atoms with van der Waals surface area (Å²) in [6.45, 7) is 3.97. The molecular weight excluding hydrogens is 198 g/mol. The van der Waals surface area contributed by atoms with E-state index in [9.17, 15) is 0 Å². The van der Waals surface area contributed by atoms with Gasteiger partial charge in [0.05, 0.1) is 0 Å². The first-order chi connectivity index (χ1) is 6.58. The second kappa shape index (κ2) is 4.86. The molecule has 0 aliphatic heterocycles. The maximum atomic E-state index is 7.55. The zero-order valence-corrected chi connectivity index (χ0v) is 9.02. The third-order valence-corrected chi connectivity index (χ3v) is 1.80. The number of rotatable bonds is 2. The highest BCUT2D eigenvalue weighted by molar-refractivity contribution is 6.30. The Bertz CT molecular complexity index is 306. The Morgan fingerprint density at radius 2 is 1.86 bits per heavy atom. The van der Waals surface area contributed by atoms with Crippen LogP contribution in [-0.4, -0.2) is 12.0 Å². The van der Waals surface area contributed by atoms with Gasteiger partial charge in [0.2, 0.25) is 0 Å². The van der Waals surface area contributed by atoms with Crippen LogP contribution in [0.3, 0.4) is 0 Å². The average Bonchev–Trinajstić information content (AvgIpc) is 2.07. The molecule has 4 heteroatoms. The van der Waals surface area contributed by atoms with Crippen molar-refractivity contribution in [2.24, 2.45) is 0 Å². The van der Waals surface area contributed by atoms with Gasteiger partial charge in [-0.2, -0.15) is 0 Å². The van der Waals surface area contributed by atoms with Gasteiger partial charge < -0.3 is 10.6 Å². The molecule has 0 saturated heterocycles. The van der Waals surface area contributed by atoms with Crippen LogP contribution in [0.25, 0.3) is 0 Å². The van der Waals surface area contributed by atoms with Crippen LogP contribution < -0.4 is 10.6 Å². The van der Waals surface area contributed by atoms with Crippen molar-refractivity contribution >= 4 is 23.2 Å². The standard InChI is InChI=1S/C10H14ClN3/c1-7(2)13-10(12)14-9-5-3-8(11)4-6-9/h3-7H,1-2H3,(H3,12,13,14). The van der Waals surface area contributed by atoms with Crippen molar-refractivity contribution in [3.8, 4) is 0 Å². The highest BCUT2D eigenvalue weighted by Gasteiger charge is 1.98. The molecule has 0 fully saturated rings. The molecule has 0 aromatic heterocycles. The molecule has 0 bridgehead atoms. The summed E-state index contributed by atoms with van der Waals surface area (Å²) >= 11 is 5.74. The molecule has 0 aliphatic carbocycles. The highest BCUT2D eigenvalue weighted by atomic mass is 35.5. The molecule has 0 atom stereocenters. The Labute approximate surface area is 89.0 Å². The first kappa shape index (κ1) is 10.9. The lowest BCUT2D eigenvalue weighted by molar-refractivity contribution is 0.729. The van der Waals surface area contributed by atoms with Gasteiger partial charge in [-0.1, -0.05) is 11.6 Å². The number of nitrogens with one attached hydrogen (secondary N) is 3. The largest absolute Gasteiger partial charge is 0.354 e. The van der Waals surface area contributed by atoms with Gasteiger partial charge in [-0.3, -0.25) is 5.41 Å². The van der Waals surface area contributed by atoms with Gasteiger partial charge in [0.15, 0.2) is 5.96 Å². The van der Waals surface area contributed by atoms with E-state index in [4.69, 9.17) is 17.0 Å². The fourth-order valence-electron chi connectivity index (χ4n) is 1.00. The average molecular weight is 212 g/mol. The minimum Gasteiger partial charge on any atom is -0.354 e. The molecule has 0 heterocycles. The van der Waals surface area contributed by atoms with Crippen LogP contribution in [0.15, 0.2) is 24.3 Å². The fraction of sp³-hybridized carbons (Fsp3) is 0.300. The fourth-order valence-corrected chi connectivity index (χ4v) is 1.13. The second-order valence-electron chi connectivity index (χ2n) is 3.31. The van der Waals surface area contributed by atoms with Crippen LogP contribution in [0.1, 0.15) is 13.8 Å². The summed E-state index contributed by atoms with van der Waals surface area (Å²) in [5, 5.41) is 14.1. The predicted molar refractivity (Wildman–Crippen MR) is 61.1 cm³/mol. The van der Waals surface area contributed by atoms with E-state index in [1.54, 1.807) is 12.1 Å². The molecule has 1 aromatic carbocycles. The Morgan fingerprint density at radius 1 is 1.29 bits per heavy atom. The van der Waals surface area contributed by atoms with Crippen LogP contribution in [0.4, 0.5) is 5.69 Å². The van der Waals surface area contributed by atoms with Crippen LogP contribution in [0.2, 0.25) is 5.02 Å². The Hall–Kier alpha value is -1.22. The first-order valence-corrected chi connectivity index (χ1v) is 4.83. The highest BCUT2D eigenvalue weighted by Crippen LogP contribution is 2.12. The molecule has 76 valence electrons. The third kappa shape index (κ3) is 3.66. The van der Waals surface area contributed by atoms with E-state index in [0.29, 0.717) is 11.0 Å². The van der Waals surface area contributed by atoms with Crippen molar-refractivity contribution in [1.29, 1.82) is 5.41 Å². The molecule has 0 aliphatic rings. The molecule has 0 amide bonds. The van der Waals surface area contributed by atoms with Crippen molar-refractivity contribution in [2.75, 3.05) is 5.32 Å². The molecule has 0 spiro atoms. The predicted octanol–water partition coefficient (Wildman–Crippen LogP) is 2.68. The molecular formula is C10H14ClN3. The molecule has 0 radical (unpaired) electrons. The van der Waals surface area contributed by atoms with E-state index in [2.05, 4.69) is 10.6 Å². The molecule has 3 nitrogen and oxygen atoms in total. The van der Waals surface area contributed by atoms with E-state index in [1.165, 1.54) is 0 Å². The summed E-state index contributed by atoms with van der Waals surface area (Å²) in [6.07, 6.45) is 0. The van der Waals surface area contributed by atoms with Crippen molar-refractivity contribution in [3.05, 3.63) is 29.3 Å². The van der Waals surface area contributed by atoms with Crippen LogP contribution in [-0.2, 0) is 0 Å². The number of hydrogen-bond acceptors (Lipinski definition) is 1. The van der Waals surface area contributed by atoms with E-state index < -0.39 is 0 Å². The van der Waals surface area contributed by atoms with Gasteiger partial charge in [0.25, 0.3) is 0 Å². The van der Waals surface area contributed by atoms with Crippen molar-refractivity contribution in [3.63, 3.8) is 0 Å². The van der Waals surface area contributed by atoms with Gasteiger partial charge in [0, 0.05) is 16.8 Å². The lowest BCUT2D eigenvalue weighted by atomic mass is 10.3. The van der Waals surface area contributed by atoms with E-state index in [-0.39, 0.29) is 6.04 Å². The topological polar surface area (TPSA) is 47.9 Å². The lowest BCUT2D eigenvalue weighted by Crippen LogP contribution is -2.34. The third-order valence-electron chi connectivity index (χ3n) is 1.55. The normalized spacial score (nSPS) is 10.0. The minimum absolute atomic E-state index is 0.252. The summed E-state index contributed by atoms with van der Waals surface area (Å²) in [4.78, 5) is 0. The molecule has 0 unspecified atom stereocenters. The molecule has 1 rings (SSSR count). The minimum atomic E-state index is 0.252. The van der Waals surface area contributed by atoms with Gasteiger partial charge in [-0.05, 0) is 38.1 Å². The maximum Gasteiger partial charge on any atom is 0.193 e. The maximum absolute atomic E-state index is 7.55. The lowest BCUT2D eigenvalue weighted by Gasteiger charge is -2.12. The van der Waals surface area contributed by atoms with Gasteiger partial charge in [-0.25, -0.2) is 0 Å². The second-order valence-corrected chi connectivity index (χ2v) is 3.74. The van der Waals surface area contributed by atoms with Crippen molar-refractivity contribution < 1.29 is 0 Å². The molecule has 0 saturated carbocycles. The molecule has 14 heavy (non-hydrogen) atoms. The van der Waals surface area contributed by atoms with Gasteiger partial charge >= 0.3 is 0 Å². The first-order valence-electron chi connectivity index (χ1n) is 4.45. The van der Waals surface area contributed by atoms with E-state index in [1.807, 2.05) is 26.0 Å². The van der Waals surface area contributed by atoms with Gasteiger partial charge in [-0.15, -0.1) is 0 Å². The summed E-state index contributed by atoms with van der Waals surface area (Å²) < 4.78 is 0. The molecule has 1 aromatic rings. The van der Waals surface area contributed by atoms with Crippen LogP contribution >= 0.6 is 11.6 Å². The van der Waals surface area contributed by atoms with E-state index in [0.717, 1.165) is 5.69 Å². The Morgan fingerprint density at radius 3 is 2.36 bits per heavy atom. The summed E-state index contributed by atoms with van der Waals surface area (Å²) in [6, 6.07) is 7.49. The Balaban J connectivity index is 2.52. The smallest absolute Gasteiger partial charge is 0.193 e. The quantitative estimate of drug-likeness (QED) is 0.520. The SMILES string of the molecule is CC(C)NC(=N)Nc1ccc(Cl)cc1. The Kier molecular flexibility index (Phi) is 3.77. The molecule has 3 N–H and O–H groups in total. The van der Waals surface area contributed by atoms with E-state index >= 15 is 0 Å². The number of hydrogen-bond donors (Lipinski definition) is 3. The zero-order valence-electron chi connectivity index (χ0n) is 8.26. The number of halogens is 1. The van der Waals surface area contributed by atoms with Crippen molar-refractivity contribution in [2.45, 2.75) is 19.9 Å². The summed E-state index contributed by atoms with van der Waals surface area (Å²) in [5.41, 5.74) is 0.854. The van der Waals surface area contributed by atoms with Crippen LogP contribution in [0.5, 0.6) is 0 Å².